The van der Waals surface area contributed by atoms with E-state index in [0.29, 0.717) is 42.1 Å². The van der Waals surface area contributed by atoms with Crippen molar-refractivity contribution in [1.29, 1.82) is 0 Å². The van der Waals surface area contributed by atoms with E-state index in [0.717, 1.165) is 38.5 Å². The second kappa shape index (κ2) is 8.77. The third-order valence-electron chi connectivity index (χ3n) is 11.2. The number of rotatable bonds is 3. The maximum Gasteiger partial charge on any atom is 0.228 e. The lowest BCUT2D eigenvalue weighted by atomic mass is 9.44. The van der Waals surface area contributed by atoms with E-state index < -0.39 is 42.9 Å². The number of allylic oxidation sites excluding steroid dienone is 1. The number of carbonyl (C=O) groups is 1. The molecule has 35 heavy (non-hydrogen) atoms. The Kier molecular flexibility index (Phi) is 6.42. The van der Waals surface area contributed by atoms with Gasteiger partial charge in [0.25, 0.3) is 0 Å². The van der Waals surface area contributed by atoms with Crippen LogP contribution >= 0.6 is 0 Å². The molecular formula is C27H42O8. The summed E-state index contributed by atoms with van der Waals surface area (Å²) >= 11 is 0. The van der Waals surface area contributed by atoms with Gasteiger partial charge in [-0.25, -0.2) is 0 Å². The number of Topliss-reactive ketones (excluding diaryl/α,β-unsaturated/α-hetero) is 1. The molecule has 1 unspecified atom stereocenters. The zero-order valence-electron chi connectivity index (χ0n) is 21.1. The molecule has 5 rings (SSSR count). The number of hydrogen-bond donors (Lipinski definition) is 5. The summed E-state index contributed by atoms with van der Waals surface area (Å²) in [5.41, 5.74) is -0.148. The van der Waals surface area contributed by atoms with Gasteiger partial charge in [-0.3, -0.25) is 4.79 Å². The molecule has 198 valence electrons. The normalized spacial score (nSPS) is 55.3. The molecule has 4 aliphatic carbocycles. The Morgan fingerprint density at radius 3 is 2.43 bits per heavy atom. The van der Waals surface area contributed by atoms with Crippen LogP contribution < -0.4 is 0 Å². The molecule has 8 nitrogen and oxygen atoms in total. The lowest BCUT2D eigenvalue weighted by Gasteiger charge is -2.61. The van der Waals surface area contributed by atoms with Crippen molar-refractivity contribution in [3.63, 3.8) is 0 Å². The van der Waals surface area contributed by atoms with Crippen molar-refractivity contribution >= 4 is 5.78 Å². The lowest BCUT2D eigenvalue weighted by molar-refractivity contribution is -0.288. The molecule has 12 atom stereocenters. The smallest absolute Gasteiger partial charge is 0.228 e. The monoisotopic (exact) mass is 494 g/mol. The summed E-state index contributed by atoms with van der Waals surface area (Å²) in [6.45, 7) is 6.07. The van der Waals surface area contributed by atoms with Gasteiger partial charge in [0.2, 0.25) is 6.29 Å². The second-order valence-corrected chi connectivity index (χ2v) is 12.7. The molecule has 0 aromatic rings. The van der Waals surface area contributed by atoms with E-state index in [1.807, 2.05) is 6.92 Å². The molecule has 0 spiro atoms. The standard InChI is InChI=1S/C27H42O8/c1-25-11-14(13-34-24-23(32)22(31)21(30)20(12-28)35-24)19(29)10-15(25)4-5-16-17(25)6-8-26(2)18(16)7-9-27(26,3)33/h13,15-18,20-24,28,30-33H,4-12H2,1-3H3/t15?,16-,17+,18+,20-,21-,22+,23-,24-,25+,26+,27-/m1/s1. The number of carbonyl (C=O) groups excluding carboxylic acids is 1. The predicted octanol–water partition coefficient (Wildman–Crippen LogP) is 1.66. The molecule has 5 aliphatic rings. The van der Waals surface area contributed by atoms with Gasteiger partial charge in [0, 0.05) is 12.0 Å². The average molecular weight is 495 g/mol. The Bertz CT molecular complexity index is 869. The fraction of sp³-hybridized carbons (Fsp3) is 0.889. The van der Waals surface area contributed by atoms with Crippen molar-refractivity contribution in [1.82, 2.24) is 0 Å². The van der Waals surface area contributed by atoms with Crippen LogP contribution in [0.1, 0.15) is 72.1 Å². The van der Waals surface area contributed by atoms with Crippen LogP contribution in [-0.4, -0.2) is 74.2 Å². The van der Waals surface area contributed by atoms with Gasteiger partial charge in [-0.05, 0) is 86.4 Å². The number of ketones is 1. The van der Waals surface area contributed by atoms with Crippen LogP contribution in [0, 0.1) is 34.5 Å². The summed E-state index contributed by atoms with van der Waals surface area (Å²) in [7, 11) is 0. The highest BCUT2D eigenvalue weighted by Gasteiger charge is 2.63. The van der Waals surface area contributed by atoms with Crippen molar-refractivity contribution in [2.45, 2.75) is 108 Å². The molecule has 8 heteroatoms. The summed E-state index contributed by atoms with van der Waals surface area (Å²) < 4.78 is 11.1. The number of aliphatic hydroxyl groups is 5. The van der Waals surface area contributed by atoms with Crippen molar-refractivity contribution < 1.29 is 39.8 Å². The molecule has 1 saturated heterocycles. The molecule has 1 heterocycles. The Balaban J connectivity index is 1.35. The number of fused-ring (bicyclic) bond motifs is 5. The van der Waals surface area contributed by atoms with E-state index in [2.05, 4.69) is 13.8 Å². The zero-order valence-corrected chi connectivity index (χ0v) is 21.1. The summed E-state index contributed by atoms with van der Waals surface area (Å²) in [6.07, 6.45) is 1.74. The Labute approximate surface area is 207 Å². The maximum absolute atomic E-state index is 13.0. The second-order valence-electron chi connectivity index (χ2n) is 12.7. The predicted molar refractivity (Wildman–Crippen MR) is 126 cm³/mol. The molecule has 0 aromatic carbocycles. The van der Waals surface area contributed by atoms with E-state index in [-0.39, 0.29) is 16.6 Å². The first-order valence-corrected chi connectivity index (χ1v) is 13.3. The van der Waals surface area contributed by atoms with Crippen LogP contribution in [-0.2, 0) is 14.3 Å². The lowest BCUT2D eigenvalue weighted by Crippen LogP contribution is -2.58. The largest absolute Gasteiger partial charge is 0.469 e. The topological polar surface area (TPSA) is 137 Å². The summed E-state index contributed by atoms with van der Waals surface area (Å²) in [5, 5.41) is 50.9. The van der Waals surface area contributed by atoms with Gasteiger partial charge < -0.3 is 35.0 Å². The van der Waals surface area contributed by atoms with E-state index in [4.69, 9.17) is 9.47 Å². The van der Waals surface area contributed by atoms with Crippen LogP contribution in [0.15, 0.2) is 11.8 Å². The zero-order chi connectivity index (χ0) is 25.3. The SMILES string of the molecule is C[C@]12CC(=CO[C@@H]3O[C@H](CO)[C@@H](O)[C@H](O)[C@H]3O)C(=O)CC1CC[C@@H]1[C@@H]2CC[C@@]2(C)[C@H]1CC[C@@]2(C)O. The molecule has 5 N–H and O–H groups in total. The molecule has 1 aliphatic heterocycles. The maximum atomic E-state index is 13.0. The third-order valence-corrected chi connectivity index (χ3v) is 11.2. The van der Waals surface area contributed by atoms with Gasteiger partial charge in [0.15, 0.2) is 5.78 Å². The minimum Gasteiger partial charge on any atom is -0.469 e. The highest BCUT2D eigenvalue weighted by molar-refractivity contribution is 5.96. The van der Waals surface area contributed by atoms with Gasteiger partial charge in [-0.1, -0.05) is 13.8 Å². The fourth-order valence-electron chi connectivity index (χ4n) is 8.69. The summed E-state index contributed by atoms with van der Waals surface area (Å²) in [4.78, 5) is 13.0. The first-order chi connectivity index (χ1) is 16.4. The number of aliphatic hydroxyl groups excluding tert-OH is 4. The van der Waals surface area contributed by atoms with Crippen molar-refractivity contribution in [3.8, 4) is 0 Å². The van der Waals surface area contributed by atoms with E-state index in [9.17, 15) is 30.3 Å². The van der Waals surface area contributed by atoms with Crippen LogP contribution in [0.3, 0.4) is 0 Å². The van der Waals surface area contributed by atoms with Gasteiger partial charge in [-0.2, -0.15) is 0 Å². The van der Waals surface area contributed by atoms with Crippen molar-refractivity contribution in [3.05, 3.63) is 11.8 Å². The number of hydrogen-bond acceptors (Lipinski definition) is 8. The molecular weight excluding hydrogens is 452 g/mol. The first kappa shape index (κ1) is 25.6. The van der Waals surface area contributed by atoms with Gasteiger partial charge >= 0.3 is 0 Å². The van der Waals surface area contributed by atoms with Crippen LogP contribution in [0.5, 0.6) is 0 Å². The number of ether oxygens (including phenoxy) is 2. The quantitative estimate of drug-likeness (QED) is 0.295. The molecule has 4 saturated carbocycles. The Morgan fingerprint density at radius 1 is 1.00 bits per heavy atom. The highest BCUT2D eigenvalue weighted by Crippen LogP contribution is 2.68. The van der Waals surface area contributed by atoms with Gasteiger partial charge in [0.1, 0.15) is 24.4 Å². The fourth-order valence-corrected chi connectivity index (χ4v) is 8.69. The minimum atomic E-state index is -1.52. The van der Waals surface area contributed by atoms with Crippen LogP contribution in [0.2, 0.25) is 0 Å². The van der Waals surface area contributed by atoms with Crippen molar-refractivity contribution in [2.75, 3.05) is 6.61 Å². The molecule has 0 bridgehead atoms. The van der Waals surface area contributed by atoms with Crippen LogP contribution in [0.4, 0.5) is 0 Å². The molecule has 0 aromatic heterocycles. The highest BCUT2D eigenvalue weighted by atomic mass is 16.7. The summed E-state index contributed by atoms with van der Waals surface area (Å²) in [5.74, 6) is 1.90. The van der Waals surface area contributed by atoms with E-state index in [1.54, 1.807) is 0 Å². The Hall–Kier alpha value is -1.03. The first-order valence-electron chi connectivity index (χ1n) is 13.3. The van der Waals surface area contributed by atoms with E-state index in [1.165, 1.54) is 6.26 Å². The Morgan fingerprint density at radius 2 is 1.71 bits per heavy atom. The van der Waals surface area contributed by atoms with Gasteiger partial charge in [-0.15, -0.1) is 0 Å². The van der Waals surface area contributed by atoms with Crippen molar-refractivity contribution in [2.24, 2.45) is 34.5 Å². The molecule has 0 amide bonds. The minimum absolute atomic E-state index is 0.0416. The molecule has 0 radical (unpaired) electrons. The summed E-state index contributed by atoms with van der Waals surface area (Å²) in [6, 6.07) is 0. The van der Waals surface area contributed by atoms with Crippen LogP contribution in [0.25, 0.3) is 0 Å². The van der Waals surface area contributed by atoms with Gasteiger partial charge in [0.05, 0.1) is 18.5 Å². The average Bonchev–Trinajstić information content (AvgIpc) is 3.06. The third kappa shape index (κ3) is 3.82. The molecule has 5 fully saturated rings. The van der Waals surface area contributed by atoms with E-state index >= 15 is 0 Å².